The van der Waals surface area contributed by atoms with Crippen LogP contribution in [0.25, 0.3) is 0 Å². The molecule has 1 fully saturated rings. The van der Waals surface area contributed by atoms with Gasteiger partial charge >= 0.3 is 0 Å². The van der Waals surface area contributed by atoms with Gasteiger partial charge in [-0.15, -0.1) is 0 Å². The van der Waals surface area contributed by atoms with Gasteiger partial charge in [0.15, 0.2) is 0 Å². The fourth-order valence-electron chi connectivity index (χ4n) is 3.30. The molecular weight excluding hydrogens is 310 g/mol. The maximum absolute atomic E-state index is 4.67. The fraction of sp³-hybridized carbons (Fsp3) is 0.500. The Kier molecular flexibility index (Phi) is 5.74. The Hall–Kier alpha value is -2.30. The van der Waals surface area contributed by atoms with E-state index in [0.717, 1.165) is 17.2 Å². The summed E-state index contributed by atoms with van der Waals surface area (Å²) in [6.07, 6.45) is 7.80. The van der Waals surface area contributed by atoms with Gasteiger partial charge in [-0.25, -0.2) is 4.98 Å². The molecule has 2 N–H and O–H groups in total. The zero-order chi connectivity index (χ0) is 17.6. The number of hydrogen-bond donors (Lipinski definition) is 2. The molecule has 0 aliphatic heterocycles. The Labute approximate surface area is 150 Å². The number of nitrogens with one attached hydrogen (secondary N) is 2. The van der Waals surface area contributed by atoms with Crippen LogP contribution in [0.5, 0.6) is 0 Å². The summed E-state index contributed by atoms with van der Waals surface area (Å²) in [6.45, 7) is 2.01. The molecule has 1 aromatic carbocycles. The molecule has 0 atom stereocenters. The molecule has 3 rings (SSSR count). The van der Waals surface area contributed by atoms with Crippen LogP contribution in [-0.4, -0.2) is 30.1 Å². The molecule has 1 aromatic heterocycles. The van der Waals surface area contributed by atoms with Crippen molar-refractivity contribution in [3.8, 4) is 0 Å². The largest absolute Gasteiger partial charge is 0.378 e. The van der Waals surface area contributed by atoms with Crippen LogP contribution < -0.4 is 15.5 Å². The van der Waals surface area contributed by atoms with Crippen molar-refractivity contribution in [3.63, 3.8) is 0 Å². The Bertz CT molecular complexity index is 673. The second-order valence-corrected chi connectivity index (χ2v) is 7.12. The van der Waals surface area contributed by atoms with E-state index in [-0.39, 0.29) is 0 Å². The number of aromatic nitrogens is 2. The quantitative estimate of drug-likeness (QED) is 0.771. The van der Waals surface area contributed by atoms with Crippen molar-refractivity contribution >= 4 is 23.1 Å². The number of anilines is 4. The van der Waals surface area contributed by atoms with E-state index in [1.165, 1.54) is 44.2 Å². The molecule has 5 nitrogen and oxygen atoms in total. The second-order valence-electron chi connectivity index (χ2n) is 7.12. The van der Waals surface area contributed by atoms with Gasteiger partial charge in [-0.1, -0.05) is 25.7 Å². The summed E-state index contributed by atoms with van der Waals surface area (Å²) in [5, 5.41) is 6.93. The summed E-state index contributed by atoms with van der Waals surface area (Å²) in [6, 6.07) is 10.8. The first-order valence-corrected chi connectivity index (χ1v) is 9.27. The summed E-state index contributed by atoms with van der Waals surface area (Å²) in [5.74, 6) is 1.57. The highest BCUT2D eigenvalue weighted by atomic mass is 15.1. The summed E-state index contributed by atoms with van der Waals surface area (Å²) < 4.78 is 0. The van der Waals surface area contributed by atoms with E-state index >= 15 is 0 Å². The molecule has 1 heterocycles. The van der Waals surface area contributed by atoms with Gasteiger partial charge in [-0.2, -0.15) is 4.98 Å². The number of benzene rings is 1. The minimum atomic E-state index is 0.532. The first kappa shape index (κ1) is 17.5. The molecule has 1 aliphatic rings. The van der Waals surface area contributed by atoms with E-state index in [1.54, 1.807) is 0 Å². The van der Waals surface area contributed by atoms with Gasteiger partial charge in [-0.05, 0) is 44.0 Å². The highest BCUT2D eigenvalue weighted by molar-refractivity contribution is 5.59. The first-order valence-electron chi connectivity index (χ1n) is 9.27. The number of rotatable bonds is 5. The van der Waals surface area contributed by atoms with E-state index in [0.29, 0.717) is 12.0 Å². The summed E-state index contributed by atoms with van der Waals surface area (Å²) in [4.78, 5) is 11.3. The minimum Gasteiger partial charge on any atom is -0.378 e. The minimum absolute atomic E-state index is 0.532. The average molecular weight is 339 g/mol. The molecule has 5 heteroatoms. The predicted molar refractivity (Wildman–Crippen MR) is 106 cm³/mol. The molecule has 0 radical (unpaired) electrons. The van der Waals surface area contributed by atoms with Crippen LogP contribution in [0.3, 0.4) is 0 Å². The van der Waals surface area contributed by atoms with Gasteiger partial charge in [0, 0.05) is 43.3 Å². The lowest BCUT2D eigenvalue weighted by Gasteiger charge is -2.18. The Balaban J connectivity index is 1.70. The summed E-state index contributed by atoms with van der Waals surface area (Å²) >= 11 is 0. The predicted octanol–water partition coefficient (Wildman–Crippen LogP) is 4.73. The molecule has 0 spiro atoms. The molecule has 2 aromatic rings. The molecule has 25 heavy (non-hydrogen) atoms. The fourth-order valence-corrected chi connectivity index (χ4v) is 3.30. The van der Waals surface area contributed by atoms with Crippen LogP contribution in [-0.2, 0) is 0 Å². The van der Waals surface area contributed by atoms with Gasteiger partial charge in [0.1, 0.15) is 5.82 Å². The highest BCUT2D eigenvalue weighted by Crippen LogP contribution is 2.23. The smallest absolute Gasteiger partial charge is 0.229 e. The lowest BCUT2D eigenvalue weighted by atomic mass is 10.1. The third-order valence-corrected chi connectivity index (χ3v) is 4.70. The van der Waals surface area contributed by atoms with Crippen LogP contribution in [0, 0.1) is 6.92 Å². The van der Waals surface area contributed by atoms with E-state index < -0.39 is 0 Å². The van der Waals surface area contributed by atoms with Crippen molar-refractivity contribution in [1.82, 2.24) is 9.97 Å². The first-order chi connectivity index (χ1) is 12.1. The Morgan fingerprint density at radius 1 is 0.960 bits per heavy atom. The van der Waals surface area contributed by atoms with Crippen LogP contribution in [0.2, 0.25) is 0 Å². The van der Waals surface area contributed by atoms with Crippen LogP contribution in [0.1, 0.15) is 44.2 Å². The Morgan fingerprint density at radius 2 is 1.64 bits per heavy atom. The van der Waals surface area contributed by atoms with E-state index in [2.05, 4.69) is 49.8 Å². The van der Waals surface area contributed by atoms with Crippen molar-refractivity contribution in [1.29, 1.82) is 0 Å². The SMILES string of the molecule is Cc1cc(NC2CCCCCC2)nc(Nc2ccc(N(C)C)cc2)n1. The van der Waals surface area contributed by atoms with Gasteiger partial charge in [0.25, 0.3) is 0 Å². The van der Waals surface area contributed by atoms with Crippen LogP contribution in [0.15, 0.2) is 30.3 Å². The molecule has 1 aliphatic carbocycles. The van der Waals surface area contributed by atoms with E-state index in [1.807, 2.05) is 27.1 Å². The number of hydrogen-bond acceptors (Lipinski definition) is 5. The number of nitrogens with zero attached hydrogens (tertiary/aromatic N) is 3. The average Bonchev–Trinajstić information content (AvgIpc) is 2.83. The van der Waals surface area contributed by atoms with Crippen molar-refractivity contribution < 1.29 is 0 Å². The maximum atomic E-state index is 4.67. The van der Waals surface area contributed by atoms with Gasteiger partial charge < -0.3 is 15.5 Å². The van der Waals surface area contributed by atoms with Crippen molar-refractivity contribution in [2.75, 3.05) is 29.6 Å². The Morgan fingerprint density at radius 3 is 2.28 bits per heavy atom. The van der Waals surface area contributed by atoms with E-state index in [4.69, 9.17) is 0 Å². The normalized spacial score (nSPS) is 15.5. The monoisotopic (exact) mass is 339 g/mol. The second kappa shape index (κ2) is 8.19. The van der Waals surface area contributed by atoms with Gasteiger partial charge in [-0.3, -0.25) is 0 Å². The highest BCUT2D eigenvalue weighted by Gasteiger charge is 2.13. The van der Waals surface area contributed by atoms with Gasteiger partial charge in [0.05, 0.1) is 0 Å². The lowest BCUT2D eigenvalue weighted by Crippen LogP contribution is -2.19. The van der Waals surface area contributed by atoms with Gasteiger partial charge in [0.2, 0.25) is 5.95 Å². The third-order valence-electron chi connectivity index (χ3n) is 4.70. The van der Waals surface area contributed by atoms with Crippen LogP contribution >= 0.6 is 0 Å². The number of aryl methyl sites for hydroxylation is 1. The zero-order valence-electron chi connectivity index (χ0n) is 15.5. The molecule has 0 saturated heterocycles. The molecule has 134 valence electrons. The molecule has 0 amide bonds. The molecular formula is C20H29N5. The summed E-state index contributed by atoms with van der Waals surface area (Å²) in [7, 11) is 4.08. The van der Waals surface area contributed by atoms with Crippen molar-refractivity contribution in [2.45, 2.75) is 51.5 Å². The van der Waals surface area contributed by atoms with Crippen molar-refractivity contribution in [2.24, 2.45) is 0 Å². The summed E-state index contributed by atoms with van der Waals surface area (Å²) in [5.41, 5.74) is 3.14. The standard InChI is InChI=1S/C20H29N5/c1-15-14-19(22-16-8-6-4-5-7-9-16)24-20(21-15)23-17-10-12-18(13-11-17)25(2)3/h10-14,16H,4-9H2,1-3H3,(H2,21,22,23,24). The maximum Gasteiger partial charge on any atom is 0.229 e. The zero-order valence-corrected chi connectivity index (χ0v) is 15.5. The molecule has 0 unspecified atom stereocenters. The molecule has 0 bridgehead atoms. The topological polar surface area (TPSA) is 53.1 Å². The lowest BCUT2D eigenvalue weighted by molar-refractivity contribution is 0.617. The van der Waals surface area contributed by atoms with Crippen molar-refractivity contribution in [3.05, 3.63) is 36.0 Å². The van der Waals surface area contributed by atoms with E-state index in [9.17, 15) is 0 Å². The third kappa shape index (κ3) is 5.08. The molecule has 1 saturated carbocycles. The van der Waals surface area contributed by atoms with Crippen LogP contribution in [0.4, 0.5) is 23.1 Å².